The highest BCUT2D eigenvalue weighted by molar-refractivity contribution is 6.31. The zero-order valence-electron chi connectivity index (χ0n) is 14.4. The molecule has 3 aromatic rings. The second-order valence-electron chi connectivity index (χ2n) is 6.54. The van der Waals surface area contributed by atoms with Gasteiger partial charge in [-0.05, 0) is 60.7 Å². The van der Waals surface area contributed by atoms with Gasteiger partial charge in [0.15, 0.2) is 0 Å². The molecule has 0 spiro atoms. The highest BCUT2D eigenvalue weighted by Crippen LogP contribution is 2.34. The molecule has 126 valence electrons. The van der Waals surface area contributed by atoms with E-state index in [9.17, 15) is 4.39 Å². The van der Waals surface area contributed by atoms with Crippen molar-refractivity contribution >= 4 is 22.5 Å². The molecule has 0 radical (unpaired) electrons. The number of fused-ring (bicyclic) bond motifs is 1. The van der Waals surface area contributed by atoms with Crippen molar-refractivity contribution in [3.05, 3.63) is 69.6 Å². The lowest BCUT2D eigenvalue weighted by atomic mass is 9.92. The number of benzene rings is 2. The summed E-state index contributed by atoms with van der Waals surface area (Å²) < 4.78 is 14.0. The van der Waals surface area contributed by atoms with Gasteiger partial charge >= 0.3 is 0 Å². The van der Waals surface area contributed by atoms with Crippen LogP contribution >= 0.6 is 11.6 Å². The summed E-state index contributed by atoms with van der Waals surface area (Å²) in [6.07, 6.45) is 3.27. The summed E-state index contributed by atoms with van der Waals surface area (Å²) in [5.41, 5.74) is 5.25. The second-order valence-corrected chi connectivity index (χ2v) is 6.98. The number of halogens is 2. The highest BCUT2D eigenvalue weighted by atomic mass is 35.5. The van der Waals surface area contributed by atoms with E-state index in [2.05, 4.69) is 18.8 Å². The summed E-state index contributed by atoms with van der Waals surface area (Å²) >= 11 is 6.21. The van der Waals surface area contributed by atoms with Crippen LogP contribution in [0.15, 0.2) is 36.4 Å². The minimum Gasteiger partial charge on any atom is -0.358 e. The molecule has 1 heterocycles. The van der Waals surface area contributed by atoms with Gasteiger partial charge in [-0.1, -0.05) is 44.0 Å². The van der Waals surface area contributed by atoms with E-state index in [0.29, 0.717) is 5.56 Å². The van der Waals surface area contributed by atoms with Crippen LogP contribution in [0.4, 0.5) is 4.39 Å². The van der Waals surface area contributed by atoms with Crippen molar-refractivity contribution in [1.82, 2.24) is 4.98 Å². The number of aryl methyl sites for hydroxylation is 2. The van der Waals surface area contributed by atoms with Crippen molar-refractivity contribution in [2.24, 2.45) is 0 Å². The lowest BCUT2D eigenvalue weighted by molar-refractivity contribution is 0.614. The number of nitrogens with one attached hydrogen (secondary N) is 1. The van der Waals surface area contributed by atoms with E-state index in [-0.39, 0.29) is 11.7 Å². The van der Waals surface area contributed by atoms with E-state index >= 15 is 0 Å². The average Bonchev–Trinajstić information content (AvgIpc) is 2.92. The van der Waals surface area contributed by atoms with Gasteiger partial charge in [0.05, 0.1) is 0 Å². The van der Waals surface area contributed by atoms with Crippen LogP contribution in [0.25, 0.3) is 10.9 Å². The minimum atomic E-state index is -0.145. The van der Waals surface area contributed by atoms with E-state index in [1.807, 2.05) is 30.3 Å². The number of aromatic nitrogens is 1. The molecule has 0 fully saturated rings. The van der Waals surface area contributed by atoms with Crippen molar-refractivity contribution in [2.45, 2.75) is 46.0 Å². The summed E-state index contributed by atoms with van der Waals surface area (Å²) in [5.74, 6) is -0.0354. The van der Waals surface area contributed by atoms with Gasteiger partial charge in [0.2, 0.25) is 0 Å². The van der Waals surface area contributed by atoms with Crippen molar-refractivity contribution in [2.75, 3.05) is 0 Å². The molecule has 0 saturated carbocycles. The Morgan fingerprint density at radius 2 is 1.96 bits per heavy atom. The third-order valence-electron chi connectivity index (χ3n) is 4.81. The van der Waals surface area contributed by atoms with E-state index < -0.39 is 0 Å². The topological polar surface area (TPSA) is 15.8 Å². The fourth-order valence-corrected chi connectivity index (χ4v) is 3.45. The normalized spacial score (nSPS) is 12.7. The molecule has 0 aliphatic rings. The molecule has 1 unspecified atom stereocenters. The van der Waals surface area contributed by atoms with Gasteiger partial charge < -0.3 is 4.98 Å². The number of hydrogen-bond donors (Lipinski definition) is 1. The summed E-state index contributed by atoms with van der Waals surface area (Å²) in [4.78, 5) is 3.55. The first-order valence-electron chi connectivity index (χ1n) is 8.57. The summed E-state index contributed by atoms with van der Waals surface area (Å²) in [5, 5.41) is 1.94. The Morgan fingerprint density at radius 1 is 1.17 bits per heavy atom. The van der Waals surface area contributed by atoms with E-state index in [1.165, 1.54) is 16.6 Å². The summed E-state index contributed by atoms with van der Waals surface area (Å²) in [7, 11) is 0. The largest absolute Gasteiger partial charge is 0.358 e. The van der Waals surface area contributed by atoms with Crippen LogP contribution < -0.4 is 0 Å². The average molecular weight is 344 g/mol. The third-order valence-corrected chi connectivity index (χ3v) is 5.05. The predicted octanol–water partition coefficient (Wildman–Crippen LogP) is 6.76. The maximum atomic E-state index is 14.0. The first-order chi connectivity index (χ1) is 11.5. The van der Waals surface area contributed by atoms with Gasteiger partial charge in [0.25, 0.3) is 0 Å². The Labute approximate surface area is 147 Å². The molecule has 0 bridgehead atoms. The Balaban J connectivity index is 2.10. The highest BCUT2D eigenvalue weighted by Gasteiger charge is 2.19. The quantitative estimate of drug-likeness (QED) is 0.526. The Hall–Kier alpha value is -1.80. The number of hydrogen-bond acceptors (Lipinski definition) is 0. The molecular weight excluding hydrogens is 321 g/mol. The summed E-state index contributed by atoms with van der Waals surface area (Å²) in [6, 6.07) is 11.5. The van der Waals surface area contributed by atoms with Crippen molar-refractivity contribution < 1.29 is 4.39 Å². The molecule has 1 N–H and O–H groups in total. The number of aromatic amines is 1. The zero-order valence-corrected chi connectivity index (χ0v) is 15.2. The molecule has 0 aliphatic heterocycles. The van der Waals surface area contributed by atoms with Crippen molar-refractivity contribution in [1.29, 1.82) is 0 Å². The SMILES string of the molecule is CCCCc1c(C(C)c2ccc(C)c(F)c2)[nH]c2ccc(Cl)cc12. The van der Waals surface area contributed by atoms with E-state index in [4.69, 9.17) is 11.6 Å². The van der Waals surface area contributed by atoms with Crippen LogP contribution in [-0.2, 0) is 6.42 Å². The second kappa shape index (κ2) is 6.98. The zero-order chi connectivity index (χ0) is 17.3. The maximum absolute atomic E-state index is 14.0. The standard InChI is InChI=1S/C21H23ClFN/c1-4-5-6-17-18-12-16(22)9-10-20(18)24-21(17)14(3)15-8-7-13(2)19(23)11-15/h7-12,14,24H,4-6H2,1-3H3. The first kappa shape index (κ1) is 17.0. The molecule has 1 atom stereocenters. The maximum Gasteiger partial charge on any atom is 0.126 e. The van der Waals surface area contributed by atoms with Gasteiger partial charge in [-0.3, -0.25) is 0 Å². The first-order valence-corrected chi connectivity index (χ1v) is 8.95. The molecule has 0 aliphatic carbocycles. The van der Waals surface area contributed by atoms with Gasteiger partial charge in [-0.2, -0.15) is 0 Å². The van der Waals surface area contributed by atoms with Crippen LogP contribution in [0, 0.1) is 12.7 Å². The smallest absolute Gasteiger partial charge is 0.126 e. The Kier molecular flexibility index (Phi) is 4.96. The molecule has 2 aromatic carbocycles. The number of unbranched alkanes of at least 4 members (excludes halogenated alkanes) is 1. The number of rotatable bonds is 5. The molecule has 24 heavy (non-hydrogen) atoms. The predicted molar refractivity (Wildman–Crippen MR) is 101 cm³/mol. The molecule has 0 amide bonds. The summed E-state index contributed by atoms with van der Waals surface area (Å²) in [6.45, 7) is 6.12. The van der Waals surface area contributed by atoms with Crippen molar-refractivity contribution in [3.8, 4) is 0 Å². The molecule has 3 heteroatoms. The van der Waals surface area contributed by atoms with Crippen LogP contribution in [0.1, 0.15) is 55.0 Å². The fourth-order valence-electron chi connectivity index (χ4n) is 3.28. The fraction of sp³-hybridized carbons (Fsp3) is 0.333. The van der Waals surface area contributed by atoms with Crippen LogP contribution in [-0.4, -0.2) is 4.98 Å². The van der Waals surface area contributed by atoms with Crippen LogP contribution in [0.2, 0.25) is 5.02 Å². The van der Waals surface area contributed by atoms with Gasteiger partial charge in [-0.15, -0.1) is 0 Å². The monoisotopic (exact) mass is 343 g/mol. The van der Waals surface area contributed by atoms with E-state index in [1.54, 1.807) is 13.0 Å². The lowest BCUT2D eigenvalue weighted by Crippen LogP contribution is -2.02. The van der Waals surface area contributed by atoms with Gasteiger partial charge in [-0.25, -0.2) is 4.39 Å². The van der Waals surface area contributed by atoms with Gasteiger partial charge in [0, 0.05) is 27.5 Å². The molecule has 1 aromatic heterocycles. The number of H-pyrrole nitrogens is 1. The molecular formula is C21H23ClFN. The Bertz CT molecular complexity index is 866. The van der Waals surface area contributed by atoms with Gasteiger partial charge in [0.1, 0.15) is 5.82 Å². The van der Waals surface area contributed by atoms with Crippen LogP contribution in [0.5, 0.6) is 0 Å². The molecule has 3 rings (SSSR count). The van der Waals surface area contributed by atoms with E-state index in [0.717, 1.165) is 35.4 Å². The minimum absolute atomic E-state index is 0.109. The molecule has 1 nitrogen and oxygen atoms in total. The Morgan fingerprint density at radius 3 is 2.67 bits per heavy atom. The molecule has 0 saturated heterocycles. The van der Waals surface area contributed by atoms with Crippen molar-refractivity contribution in [3.63, 3.8) is 0 Å². The lowest BCUT2D eigenvalue weighted by Gasteiger charge is -2.14. The van der Waals surface area contributed by atoms with Crippen LogP contribution in [0.3, 0.4) is 0 Å². The third kappa shape index (κ3) is 3.21.